The van der Waals surface area contributed by atoms with Crippen LogP contribution in [0.4, 0.5) is 8.78 Å². The Kier molecular flexibility index (Phi) is 6.82. The third kappa shape index (κ3) is 5.28. The van der Waals surface area contributed by atoms with Crippen molar-refractivity contribution in [3.8, 4) is 17.9 Å². The Morgan fingerprint density at radius 2 is 1.36 bits per heavy atom. The second-order valence-electron chi connectivity index (χ2n) is 8.11. The zero-order valence-corrected chi connectivity index (χ0v) is 18.5. The zero-order chi connectivity index (χ0) is 23.2. The lowest BCUT2D eigenvalue weighted by atomic mass is 9.98. The van der Waals surface area contributed by atoms with Gasteiger partial charge >= 0.3 is 0 Å². The van der Waals surface area contributed by atoms with Gasteiger partial charge in [-0.25, -0.2) is 8.78 Å². The molecule has 0 aliphatic carbocycles. The van der Waals surface area contributed by atoms with Crippen LogP contribution in [-0.2, 0) is 19.3 Å². The van der Waals surface area contributed by atoms with Gasteiger partial charge in [-0.15, -0.1) is 0 Å². The van der Waals surface area contributed by atoms with E-state index in [1.54, 1.807) is 24.3 Å². The van der Waals surface area contributed by atoms with E-state index in [2.05, 4.69) is 43.0 Å². The van der Waals surface area contributed by atoms with Crippen LogP contribution < -0.4 is 0 Å². The van der Waals surface area contributed by atoms with E-state index in [4.69, 9.17) is 5.26 Å². The number of nitriles is 1. The van der Waals surface area contributed by atoms with Gasteiger partial charge in [-0.1, -0.05) is 73.7 Å². The monoisotopic (exact) mass is 435 g/mol. The quantitative estimate of drug-likeness (QED) is 0.306. The van der Waals surface area contributed by atoms with Crippen LogP contribution >= 0.6 is 0 Å². The van der Waals surface area contributed by atoms with E-state index in [0.29, 0.717) is 10.9 Å². The molecule has 0 fully saturated rings. The van der Waals surface area contributed by atoms with Crippen LogP contribution in [0.1, 0.15) is 46.7 Å². The molecule has 3 heteroatoms. The topological polar surface area (TPSA) is 23.8 Å². The van der Waals surface area contributed by atoms with Gasteiger partial charge in [0.15, 0.2) is 0 Å². The molecule has 33 heavy (non-hydrogen) atoms. The van der Waals surface area contributed by atoms with Crippen molar-refractivity contribution in [2.24, 2.45) is 0 Å². The number of benzene rings is 4. The van der Waals surface area contributed by atoms with Gasteiger partial charge in [0.25, 0.3) is 0 Å². The van der Waals surface area contributed by atoms with E-state index in [0.717, 1.165) is 36.6 Å². The Bertz CT molecular complexity index is 1400. The highest BCUT2D eigenvalue weighted by molar-refractivity contribution is 5.85. The molecular weight excluding hydrogens is 412 g/mol. The molecule has 0 spiro atoms. The third-order valence-corrected chi connectivity index (χ3v) is 5.71. The summed E-state index contributed by atoms with van der Waals surface area (Å²) in [6.07, 6.45) is 4.07. The minimum atomic E-state index is -0.632. The molecule has 0 bridgehead atoms. The van der Waals surface area contributed by atoms with Gasteiger partial charge in [-0.05, 0) is 65.6 Å². The summed E-state index contributed by atoms with van der Waals surface area (Å²) >= 11 is 0. The Hall–Kier alpha value is -3.95. The van der Waals surface area contributed by atoms with E-state index in [1.165, 1.54) is 23.3 Å². The molecule has 0 aliphatic heterocycles. The average Bonchev–Trinajstić information content (AvgIpc) is 2.83. The molecule has 0 aliphatic rings. The molecule has 0 unspecified atom stereocenters. The molecule has 0 aromatic heterocycles. The van der Waals surface area contributed by atoms with Crippen LogP contribution in [0.3, 0.4) is 0 Å². The maximum atomic E-state index is 15.0. The summed E-state index contributed by atoms with van der Waals surface area (Å²) in [6.45, 7) is 2.18. The predicted octanol–water partition coefficient (Wildman–Crippen LogP) is 7.13. The Morgan fingerprint density at radius 3 is 2.06 bits per heavy atom. The SMILES string of the molecule is CCCc1ccc(CCc2ccc3c(F)c(C#Cc4ccc(C#N)c(F)c4)ccc3c2)cc1. The summed E-state index contributed by atoms with van der Waals surface area (Å²) in [5.41, 5.74) is 4.43. The van der Waals surface area contributed by atoms with Crippen molar-refractivity contribution < 1.29 is 8.78 Å². The Labute approximate surface area is 193 Å². The predicted molar refractivity (Wildman–Crippen MR) is 129 cm³/mol. The number of hydrogen-bond acceptors (Lipinski definition) is 1. The number of nitrogens with zero attached hydrogens (tertiary/aromatic N) is 1. The van der Waals surface area contributed by atoms with Gasteiger partial charge in [0.1, 0.15) is 17.7 Å². The minimum Gasteiger partial charge on any atom is -0.206 e. The molecule has 0 atom stereocenters. The van der Waals surface area contributed by atoms with Crippen molar-refractivity contribution in [2.45, 2.75) is 32.6 Å². The van der Waals surface area contributed by atoms with E-state index in [9.17, 15) is 4.39 Å². The number of fused-ring (bicyclic) bond motifs is 1. The normalized spacial score (nSPS) is 10.5. The van der Waals surface area contributed by atoms with Crippen molar-refractivity contribution in [3.05, 3.63) is 118 Å². The summed E-state index contributed by atoms with van der Waals surface area (Å²) < 4.78 is 28.8. The van der Waals surface area contributed by atoms with Crippen LogP contribution in [0.5, 0.6) is 0 Å². The summed E-state index contributed by atoms with van der Waals surface area (Å²) in [4.78, 5) is 0. The zero-order valence-electron chi connectivity index (χ0n) is 18.5. The molecular formula is C30H23F2N. The fraction of sp³-hybridized carbons (Fsp3) is 0.167. The first-order valence-electron chi connectivity index (χ1n) is 11.1. The van der Waals surface area contributed by atoms with Gasteiger partial charge in [0.2, 0.25) is 0 Å². The minimum absolute atomic E-state index is 0.0400. The van der Waals surface area contributed by atoms with Gasteiger partial charge in [0.05, 0.1) is 11.1 Å². The fourth-order valence-corrected chi connectivity index (χ4v) is 3.87. The molecule has 0 radical (unpaired) electrons. The van der Waals surface area contributed by atoms with E-state index in [1.807, 2.05) is 18.2 Å². The van der Waals surface area contributed by atoms with Crippen LogP contribution in [0.25, 0.3) is 10.8 Å². The average molecular weight is 436 g/mol. The molecule has 162 valence electrons. The van der Waals surface area contributed by atoms with E-state index >= 15 is 4.39 Å². The summed E-state index contributed by atoms with van der Waals surface area (Å²) in [6, 6.07) is 24.0. The molecule has 4 aromatic rings. The highest BCUT2D eigenvalue weighted by atomic mass is 19.1. The lowest BCUT2D eigenvalue weighted by molar-refractivity contribution is 0.623. The number of rotatable bonds is 5. The van der Waals surface area contributed by atoms with Gasteiger partial charge in [-0.3, -0.25) is 0 Å². The molecule has 1 nitrogen and oxygen atoms in total. The Balaban J connectivity index is 1.51. The van der Waals surface area contributed by atoms with Crippen molar-refractivity contribution in [2.75, 3.05) is 0 Å². The van der Waals surface area contributed by atoms with Crippen LogP contribution in [0.2, 0.25) is 0 Å². The highest BCUT2D eigenvalue weighted by Crippen LogP contribution is 2.23. The summed E-state index contributed by atoms with van der Waals surface area (Å²) in [7, 11) is 0. The molecule has 0 amide bonds. The third-order valence-electron chi connectivity index (χ3n) is 5.71. The summed E-state index contributed by atoms with van der Waals surface area (Å²) in [5, 5.41) is 10.2. The fourth-order valence-electron chi connectivity index (χ4n) is 3.87. The number of hydrogen-bond donors (Lipinski definition) is 0. The van der Waals surface area contributed by atoms with Crippen molar-refractivity contribution in [1.29, 1.82) is 5.26 Å². The number of aryl methyl sites for hydroxylation is 3. The molecule has 0 N–H and O–H groups in total. The first-order valence-corrected chi connectivity index (χ1v) is 11.1. The first kappa shape index (κ1) is 22.3. The largest absolute Gasteiger partial charge is 0.206 e. The lowest BCUT2D eigenvalue weighted by Crippen LogP contribution is -1.94. The molecule has 4 rings (SSSR count). The van der Waals surface area contributed by atoms with Gasteiger partial charge in [-0.2, -0.15) is 5.26 Å². The second-order valence-corrected chi connectivity index (χ2v) is 8.11. The van der Waals surface area contributed by atoms with Crippen LogP contribution in [0.15, 0.2) is 72.8 Å². The number of halogens is 2. The van der Waals surface area contributed by atoms with E-state index in [-0.39, 0.29) is 16.9 Å². The maximum absolute atomic E-state index is 15.0. The molecule has 0 heterocycles. The Morgan fingerprint density at radius 1 is 0.697 bits per heavy atom. The van der Waals surface area contributed by atoms with Crippen molar-refractivity contribution in [1.82, 2.24) is 0 Å². The standard InChI is InChI=1S/C30H23F2N/c1-2-3-21-4-6-22(7-5-21)8-9-23-12-17-28-26(18-23)16-15-25(30(28)32)13-10-24-11-14-27(20-33)29(31)19-24/h4-7,11-12,14-19H,2-3,8-9H2,1H3. The molecule has 0 saturated carbocycles. The lowest BCUT2D eigenvalue weighted by Gasteiger charge is -2.07. The van der Waals surface area contributed by atoms with Crippen LogP contribution in [-0.4, -0.2) is 0 Å². The van der Waals surface area contributed by atoms with Gasteiger partial charge < -0.3 is 0 Å². The smallest absolute Gasteiger partial charge is 0.146 e. The molecule has 0 saturated heterocycles. The highest BCUT2D eigenvalue weighted by Gasteiger charge is 2.07. The summed E-state index contributed by atoms with van der Waals surface area (Å²) in [5.74, 6) is 4.55. The maximum Gasteiger partial charge on any atom is 0.146 e. The van der Waals surface area contributed by atoms with Crippen molar-refractivity contribution in [3.63, 3.8) is 0 Å². The van der Waals surface area contributed by atoms with Gasteiger partial charge in [0, 0.05) is 10.9 Å². The molecule has 4 aromatic carbocycles. The van der Waals surface area contributed by atoms with E-state index < -0.39 is 5.82 Å². The second kappa shape index (κ2) is 10.1. The first-order chi connectivity index (χ1) is 16.1. The van der Waals surface area contributed by atoms with Crippen LogP contribution in [0, 0.1) is 34.8 Å². The van der Waals surface area contributed by atoms with Crippen molar-refractivity contribution >= 4 is 10.8 Å².